The van der Waals surface area contributed by atoms with Crippen LogP contribution in [0.5, 0.6) is 0 Å². The van der Waals surface area contributed by atoms with Gasteiger partial charge < -0.3 is 25.0 Å². The molecule has 212 valence electrons. The third kappa shape index (κ3) is 7.91. The minimum Gasteiger partial charge on any atom is -0.481 e. The van der Waals surface area contributed by atoms with E-state index in [-0.39, 0.29) is 17.4 Å². The normalized spacial score (nSPS) is 18.1. The van der Waals surface area contributed by atoms with Crippen molar-refractivity contribution in [1.29, 1.82) is 0 Å². The number of aliphatic carboxylic acids is 1. The number of amides is 1. The molecule has 3 heterocycles. The van der Waals surface area contributed by atoms with Crippen LogP contribution in [-0.4, -0.2) is 65.5 Å². The third-order valence-corrected chi connectivity index (χ3v) is 8.80. The molecule has 2 saturated heterocycles. The summed E-state index contributed by atoms with van der Waals surface area (Å²) in [4.78, 5) is 37.9. The average molecular weight is 576 g/mol. The third-order valence-electron chi connectivity index (χ3n) is 7.31. The molecule has 2 N–H and O–H groups in total. The van der Waals surface area contributed by atoms with E-state index in [4.69, 9.17) is 16.3 Å². The number of halogens is 1. The van der Waals surface area contributed by atoms with Crippen LogP contribution in [0.3, 0.4) is 0 Å². The van der Waals surface area contributed by atoms with E-state index in [1.165, 1.54) is 11.8 Å². The summed E-state index contributed by atoms with van der Waals surface area (Å²) in [6.45, 7) is 11.4. The zero-order chi connectivity index (χ0) is 28.2. The van der Waals surface area contributed by atoms with Gasteiger partial charge in [0.25, 0.3) is 0 Å². The molecule has 2 fully saturated rings. The van der Waals surface area contributed by atoms with Gasteiger partial charge in [-0.1, -0.05) is 36.4 Å². The Morgan fingerprint density at radius 2 is 1.82 bits per heavy atom. The maximum atomic E-state index is 12.1. The van der Waals surface area contributed by atoms with Crippen molar-refractivity contribution in [1.82, 2.24) is 15.3 Å². The summed E-state index contributed by atoms with van der Waals surface area (Å²) in [6.07, 6.45) is 6.29. The lowest BCUT2D eigenvalue weighted by Gasteiger charge is -2.40. The van der Waals surface area contributed by atoms with Crippen LogP contribution in [0.4, 0.5) is 16.3 Å². The van der Waals surface area contributed by atoms with Gasteiger partial charge in [-0.15, -0.1) is 0 Å². The number of benzene rings is 1. The smallest absolute Gasteiger partial charge is 0.407 e. The quantitative estimate of drug-likeness (QED) is 0.429. The van der Waals surface area contributed by atoms with Crippen molar-refractivity contribution in [2.75, 3.05) is 42.5 Å². The molecule has 0 atom stereocenters. The van der Waals surface area contributed by atoms with Crippen LogP contribution in [-0.2, 0) is 9.53 Å². The number of aromatic nitrogens is 2. The number of rotatable bonds is 7. The second-order valence-corrected chi connectivity index (χ2v) is 13.1. The molecular formula is C28H38ClN5O4S. The van der Waals surface area contributed by atoms with Gasteiger partial charge in [-0.2, -0.15) is 0 Å². The van der Waals surface area contributed by atoms with Crippen LogP contribution in [0, 0.1) is 11.3 Å². The Morgan fingerprint density at radius 1 is 1.13 bits per heavy atom. The Morgan fingerprint density at radius 3 is 2.41 bits per heavy atom. The number of nitrogens with one attached hydrogen (secondary N) is 1. The highest BCUT2D eigenvalue weighted by Crippen LogP contribution is 2.39. The molecule has 0 spiro atoms. The molecule has 0 saturated carbocycles. The van der Waals surface area contributed by atoms with Crippen LogP contribution in [0.1, 0.15) is 53.4 Å². The van der Waals surface area contributed by atoms with E-state index in [1.807, 2.05) is 39.0 Å². The highest BCUT2D eigenvalue weighted by atomic mass is 35.5. The maximum absolute atomic E-state index is 12.1. The lowest BCUT2D eigenvalue weighted by Crippen LogP contribution is -2.45. The van der Waals surface area contributed by atoms with Crippen molar-refractivity contribution >= 4 is 46.9 Å². The summed E-state index contributed by atoms with van der Waals surface area (Å²) in [5.41, 5.74) is 0.417. The standard InChI is InChI=1S/C28H38ClN5O4S/c1-27(2,3)38-26(37)32-18-28(4)10-14-34(15-11-28)22-16-31-23(17-30-22)39-21-7-5-6-20(24(21)29)33-12-8-19(9-13-33)25(35)36/h5-7,16-17,19H,8-15,18H2,1-4H3,(H,32,37)(H,35,36). The van der Waals surface area contributed by atoms with Crippen molar-refractivity contribution in [3.8, 4) is 0 Å². The predicted octanol–water partition coefficient (Wildman–Crippen LogP) is 5.71. The van der Waals surface area contributed by atoms with Gasteiger partial charge in [0.1, 0.15) is 16.4 Å². The molecule has 2 aromatic rings. The fraction of sp³-hybridized carbons (Fsp3) is 0.571. The number of alkyl carbamates (subject to hydrolysis) is 1. The number of carbonyl (C=O) groups is 2. The highest BCUT2D eigenvalue weighted by Gasteiger charge is 2.32. The predicted molar refractivity (Wildman–Crippen MR) is 154 cm³/mol. The van der Waals surface area contributed by atoms with Gasteiger partial charge in [0, 0.05) is 37.6 Å². The van der Waals surface area contributed by atoms with E-state index < -0.39 is 11.6 Å². The number of anilines is 2. The van der Waals surface area contributed by atoms with Gasteiger partial charge in [0.15, 0.2) is 0 Å². The summed E-state index contributed by atoms with van der Waals surface area (Å²) in [5, 5.41) is 13.6. The molecule has 2 aliphatic rings. The molecule has 39 heavy (non-hydrogen) atoms. The molecule has 4 rings (SSSR count). The average Bonchev–Trinajstić information content (AvgIpc) is 2.89. The molecule has 2 aliphatic heterocycles. The van der Waals surface area contributed by atoms with Crippen molar-refractivity contribution in [2.45, 2.75) is 68.9 Å². The van der Waals surface area contributed by atoms with Gasteiger partial charge in [0.05, 0.1) is 29.0 Å². The Balaban J connectivity index is 1.31. The Labute approximate surface area is 239 Å². The summed E-state index contributed by atoms with van der Waals surface area (Å²) in [6, 6.07) is 5.92. The summed E-state index contributed by atoms with van der Waals surface area (Å²) >= 11 is 8.25. The Bertz CT molecular complexity index is 1160. The van der Waals surface area contributed by atoms with Crippen LogP contribution in [0.2, 0.25) is 5.02 Å². The zero-order valence-corrected chi connectivity index (χ0v) is 24.6. The molecule has 0 bridgehead atoms. The Hall–Kier alpha value is -2.72. The van der Waals surface area contributed by atoms with Crippen LogP contribution in [0.25, 0.3) is 0 Å². The Kier molecular flexibility index (Phi) is 9.16. The summed E-state index contributed by atoms with van der Waals surface area (Å²) in [5.74, 6) is -0.169. The van der Waals surface area contributed by atoms with Crippen LogP contribution in [0.15, 0.2) is 40.5 Å². The molecule has 1 amide bonds. The molecule has 1 aromatic carbocycles. The maximum Gasteiger partial charge on any atom is 0.407 e. The summed E-state index contributed by atoms with van der Waals surface area (Å²) in [7, 11) is 0. The van der Waals surface area contributed by atoms with Gasteiger partial charge in [-0.25, -0.2) is 14.8 Å². The fourth-order valence-electron chi connectivity index (χ4n) is 4.88. The van der Waals surface area contributed by atoms with Crippen molar-refractivity contribution in [3.63, 3.8) is 0 Å². The molecule has 9 nitrogen and oxygen atoms in total. The van der Waals surface area contributed by atoms with Crippen LogP contribution < -0.4 is 15.1 Å². The second kappa shape index (κ2) is 12.2. The second-order valence-electron chi connectivity index (χ2n) is 11.7. The monoisotopic (exact) mass is 575 g/mol. The zero-order valence-electron chi connectivity index (χ0n) is 23.1. The number of carbonyl (C=O) groups excluding carboxylic acids is 1. The lowest BCUT2D eigenvalue weighted by atomic mass is 9.80. The molecule has 0 unspecified atom stereocenters. The van der Waals surface area contributed by atoms with Gasteiger partial charge in [-0.3, -0.25) is 4.79 Å². The van der Waals surface area contributed by atoms with Gasteiger partial charge >= 0.3 is 12.1 Å². The minimum absolute atomic E-state index is 0.00127. The van der Waals surface area contributed by atoms with Gasteiger partial charge in [0.2, 0.25) is 0 Å². The van der Waals surface area contributed by atoms with E-state index in [9.17, 15) is 14.7 Å². The molecule has 1 aromatic heterocycles. The SMILES string of the molecule is CC1(CNC(=O)OC(C)(C)C)CCN(c2cnc(Sc3cccc(N4CCC(C(=O)O)CC4)c3Cl)cn2)CC1. The lowest BCUT2D eigenvalue weighted by molar-refractivity contribution is -0.142. The minimum atomic E-state index is -0.721. The molecule has 0 aliphatic carbocycles. The first kappa shape index (κ1) is 29.3. The van der Waals surface area contributed by atoms with Crippen molar-refractivity contribution in [3.05, 3.63) is 35.6 Å². The summed E-state index contributed by atoms with van der Waals surface area (Å²) < 4.78 is 5.36. The highest BCUT2D eigenvalue weighted by molar-refractivity contribution is 7.99. The van der Waals surface area contributed by atoms with Crippen molar-refractivity contribution in [2.24, 2.45) is 11.3 Å². The largest absolute Gasteiger partial charge is 0.481 e. The van der Waals surface area contributed by atoms with Crippen LogP contribution >= 0.6 is 23.4 Å². The number of hydrogen-bond donors (Lipinski definition) is 2. The van der Waals surface area contributed by atoms with E-state index >= 15 is 0 Å². The number of nitrogens with zero attached hydrogens (tertiary/aromatic N) is 4. The van der Waals surface area contributed by atoms with E-state index in [0.717, 1.165) is 47.4 Å². The van der Waals surface area contributed by atoms with E-state index in [0.29, 0.717) is 37.5 Å². The first-order valence-corrected chi connectivity index (χ1v) is 14.6. The molecule has 0 radical (unpaired) electrons. The molecule has 11 heteroatoms. The topological polar surface area (TPSA) is 108 Å². The number of carboxylic acid groups (broad SMARTS) is 1. The number of hydrogen-bond acceptors (Lipinski definition) is 8. The van der Waals surface area contributed by atoms with E-state index in [1.54, 1.807) is 12.4 Å². The first-order chi connectivity index (χ1) is 18.4. The fourth-order valence-corrected chi connectivity index (χ4v) is 6.02. The van der Waals surface area contributed by atoms with Gasteiger partial charge in [-0.05, 0) is 64.0 Å². The molecular weight excluding hydrogens is 538 g/mol. The number of ether oxygens (including phenoxy) is 1. The first-order valence-electron chi connectivity index (χ1n) is 13.4. The van der Waals surface area contributed by atoms with Crippen molar-refractivity contribution < 1.29 is 19.4 Å². The number of piperidine rings is 2. The number of carboxylic acids is 1. The van der Waals surface area contributed by atoms with E-state index in [2.05, 4.69) is 32.0 Å².